The van der Waals surface area contributed by atoms with Crippen LogP contribution in [-0.4, -0.2) is 87.4 Å². The minimum atomic E-state index is -3.91. The molecule has 7 rings (SSSR count). The fourth-order valence-electron chi connectivity index (χ4n) is 8.25. The highest BCUT2D eigenvalue weighted by Crippen LogP contribution is 2.47. The highest BCUT2D eigenvalue weighted by Gasteiger charge is 2.62. The highest BCUT2D eigenvalue weighted by molar-refractivity contribution is 7.91. The Morgan fingerprint density at radius 3 is 2.33 bits per heavy atom. The molecule has 3 heterocycles. The minimum absolute atomic E-state index is 0.0153. The monoisotopic (exact) mass is 806 g/mol. The molecule has 3 fully saturated rings. The third-order valence-electron chi connectivity index (χ3n) is 12.3. The third-order valence-corrected chi connectivity index (χ3v) is 14.1. The van der Waals surface area contributed by atoms with Crippen LogP contribution in [0.2, 0.25) is 0 Å². The Kier molecular flexibility index (Phi) is 11.6. The van der Waals surface area contributed by atoms with Crippen molar-refractivity contribution in [2.24, 2.45) is 16.7 Å². The first-order chi connectivity index (χ1) is 26.8. The molecule has 2 aromatic carbocycles. The van der Waals surface area contributed by atoms with E-state index in [1.54, 1.807) is 7.11 Å². The lowest BCUT2D eigenvalue weighted by atomic mass is 9.83. The Labute approximate surface area is 336 Å². The quantitative estimate of drug-likeness (QED) is 0.297. The molecule has 1 saturated heterocycles. The molecule has 2 aromatic rings. The van der Waals surface area contributed by atoms with E-state index in [0.717, 1.165) is 47.3 Å². The first-order valence-corrected chi connectivity index (χ1v) is 21.4. The molecule has 2 aliphatic carbocycles. The molecule has 310 valence electrons. The fourth-order valence-corrected chi connectivity index (χ4v) is 9.61. The number of hydrogen-bond donors (Lipinski definition) is 3. The second-order valence-electron chi connectivity index (χ2n) is 18.0. The number of rotatable bonds is 8. The zero-order valence-electron chi connectivity index (χ0n) is 34.2. The van der Waals surface area contributed by atoms with Gasteiger partial charge in [-0.15, -0.1) is 6.58 Å². The molecule has 2 saturated carbocycles. The normalized spacial score (nSPS) is 28.0. The number of carbonyl (C=O) groups excluding carboxylic acids is 4. The number of nitrogens with zero attached hydrogens (tertiary/aromatic N) is 1. The van der Waals surface area contributed by atoms with Crippen molar-refractivity contribution in [3.63, 3.8) is 0 Å². The summed E-state index contributed by atoms with van der Waals surface area (Å²) in [5.41, 5.74) is 0.227. The molecular weight excluding hydrogens is 749 g/mol. The van der Waals surface area contributed by atoms with Crippen molar-refractivity contribution in [2.75, 3.05) is 27.4 Å². The van der Waals surface area contributed by atoms with E-state index in [1.165, 1.54) is 18.1 Å². The number of benzene rings is 2. The average molecular weight is 807 g/mol. The Morgan fingerprint density at radius 1 is 1.04 bits per heavy atom. The predicted octanol–water partition coefficient (Wildman–Crippen LogP) is 5.37. The number of sulfonamides is 1. The van der Waals surface area contributed by atoms with Gasteiger partial charge in [0, 0.05) is 19.4 Å². The van der Waals surface area contributed by atoms with Gasteiger partial charge >= 0.3 is 6.09 Å². The van der Waals surface area contributed by atoms with Crippen LogP contribution in [0.4, 0.5) is 4.79 Å². The number of methoxy groups -OCH3 is 2. The number of aryl methyl sites for hydroxylation is 1. The van der Waals surface area contributed by atoms with E-state index in [4.69, 9.17) is 14.2 Å². The number of fused-ring (bicyclic) bond motifs is 12. The molecule has 4 bridgehead atoms. The third kappa shape index (κ3) is 8.86. The van der Waals surface area contributed by atoms with Gasteiger partial charge in [0.1, 0.15) is 29.0 Å². The van der Waals surface area contributed by atoms with Crippen LogP contribution < -0.4 is 20.1 Å². The molecule has 0 aromatic heterocycles. The highest BCUT2D eigenvalue weighted by atomic mass is 32.2. The Morgan fingerprint density at radius 2 is 1.74 bits per heavy atom. The summed E-state index contributed by atoms with van der Waals surface area (Å²) in [6.45, 7) is 13.6. The summed E-state index contributed by atoms with van der Waals surface area (Å²) in [4.78, 5) is 57.8. The molecule has 4 amide bonds. The minimum Gasteiger partial charge on any atom is -0.497 e. The molecule has 5 atom stereocenters. The van der Waals surface area contributed by atoms with Crippen LogP contribution in [-0.2, 0) is 45.9 Å². The van der Waals surface area contributed by atoms with E-state index in [1.807, 2.05) is 51.1 Å². The summed E-state index contributed by atoms with van der Waals surface area (Å²) < 4.78 is 45.3. The lowest BCUT2D eigenvalue weighted by Gasteiger charge is -2.36. The van der Waals surface area contributed by atoms with Gasteiger partial charge in [0.15, 0.2) is 0 Å². The SMILES string of the molecule is C=C[C@@H]1C[C@]1(NC(=O)[C@@H]1C[C@]2(OC)CN1C(=O)[C@H](C(C)(C)C)NC(=O)OCCC(C)(C)CCCc1cc(OC)ccc1-c1ccc2cc1)C(=O)NS(=O)(=O)C1CC1. The molecule has 57 heavy (non-hydrogen) atoms. The second kappa shape index (κ2) is 15.7. The standard InChI is InChI=1S/C43H58N4O9S/c1-9-29-24-43(29,38(50)46-57(52,53)32-17-18-32)45-36(48)34-25-42(55-8)26-47(34)37(49)35(40(2,3)4)44-39(51)56-22-21-41(5,6)20-10-11-28-23-31(54-7)16-19-33(28)27-12-14-30(42)15-13-27/h9,12-16,19,23,29,32,34-35H,1,10-11,17-18,20-22,24-26H2,2-8H3,(H,44,51)(H,45,48)(H,46,50)/t29-,34+,35-,42+,43-/m1/s1. The molecule has 13 nitrogen and oxygen atoms in total. The molecular formula is C43H58N4O9S. The zero-order chi connectivity index (χ0) is 41.6. The Bertz CT molecular complexity index is 2010. The van der Waals surface area contributed by atoms with Crippen molar-refractivity contribution in [1.82, 2.24) is 20.3 Å². The Balaban J connectivity index is 1.39. The van der Waals surface area contributed by atoms with Crippen molar-refractivity contribution >= 4 is 33.8 Å². The number of nitrogens with one attached hydrogen (secondary N) is 3. The van der Waals surface area contributed by atoms with Gasteiger partial charge in [-0.2, -0.15) is 0 Å². The van der Waals surface area contributed by atoms with Gasteiger partial charge in [-0.1, -0.05) is 71.0 Å². The van der Waals surface area contributed by atoms with E-state index >= 15 is 0 Å². The number of amides is 4. The zero-order valence-corrected chi connectivity index (χ0v) is 35.1. The number of alkyl carbamates (subject to hydrolysis) is 1. The molecule has 14 heteroatoms. The summed E-state index contributed by atoms with van der Waals surface area (Å²) in [7, 11) is -0.732. The lowest BCUT2D eigenvalue weighted by molar-refractivity contribution is -0.143. The van der Waals surface area contributed by atoms with E-state index in [2.05, 4.69) is 47.9 Å². The lowest BCUT2D eigenvalue weighted by Crippen LogP contribution is -2.60. The van der Waals surface area contributed by atoms with Crippen molar-refractivity contribution in [2.45, 2.75) is 114 Å². The molecule has 3 N–H and O–H groups in total. The van der Waals surface area contributed by atoms with Crippen LogP contribution in [0, 0.1) is 16.7 Å². The van der Waals surface area contributed by atoms with E-state index in [-0.39, 0.29) is 31.4 Å². The molecule has 0 radical (unpaired) electrons. The van der Waals surface area contributed by atoms with Gasteiger partial charge < -0.3 is 29.7 Å². The number of ether oxygens (including phenoxy) is 3. The van der Waals surface area contributed by atoms with E-state index in [0.29, 0.717) is 19.3 Å². The van der Waals surface area contributed by atoms with Crippen LogP contribution in [0.5, 0.6) is 5.75 Å². The van der Waals surface area contributed by atoms with Crippen molar-refractivity contribution in [1.29, 1.82) is 0 Å². The van der Waals surface area contributed by atoms with Crippen LogP contribution >= 0.6 is 0 Å². The van der Waals surface area contributed by atoms with Crippen molar-refractivity contribution in [3.05, 3.63) is 66.2 Å². The maximum atomic E-state index is 14.8. The first kappa shape index (κ1) is 42.2. The smallest absolute Gasteiger partial charge is 0.407 e. The largest absolute Gasteiger partial charge is 0.497 e. The van der Waals surface area contributed by atoms with Gasteiger partial charge in [0.2, 0.25) is 21.8 Å². The maximum Gasteiger partial charge on any atom is 0.407 e. The predicted molar refractivity (Wildman–Crippen MR) is 216 cm³/mol. The summed E-state index contributed by atoms with van der Waals surface area (Å²) in [6.07, 6.45) is 5.05. The van der Waals surface area contributed by atoms with Gasteiger partial charge in [-0.25, -0.2) is 13.2 Å². The molecule has 0 spiro atoms. The Hall–Kier alpha value is -4.43. The maximum absolute atomic E-state index is 14.8. The van der Waals surface area contributed by atoms with Crippen LogP contribution in [0.25, 0.3) is 11.1 Å². The summed E-state index contributed by atoms with van der Waals surface area (Å²) >= 11 is 0. The van der Waals surface area contributed by atoms with Crippen molar-refractivity contribution in [3.8, 4) is 16.9 Å². The van der Waals surface area contributed by atoms with Gasteiger partial charge in [0.25, 0.3) is 5.91 Å². The van der Waals surface area contributed by atoms with Gasteiger partial charge in [0.05, 0.1) is 25.5 Å². The molecule has 3 aliphatic heterocycles. The van der Waals surface area contributed by atoms with Crippen LogP contribution in [0.15, 0.2) is 55.1 Å². The summed E-state index contributed by atoms with van der Waals surface area (Å²) in [5, 5.41) is 5.01. The number of carbonyl (C=O) groups is 4. The second-order valence-corrected chi connectivity index (χ2v) is 20.0. The topological polar surface area (TPSA) is 169 Å². The van der Waals surface area contributed by atoms with Gasteiger partial charge in [-0.05, 0) is 90.2 Å². The molecule has 5 aliphatic rings. The summed E-state index contributed by atoms with van der Waals surface area (Å²) in [5.74, 6) is -1.78. The summed E-state index contributed by atoms with van der Waals surface area (Å²) in [6, 6.07) is 11.7. The first-order valence-electron chi connectivity index (χ1n) is 19.9. The van der Waals surface area contributed by atoms with Crippen molar-refractivity contribution < 1.29 is 41.8 Å². The van der Waals surface area contributed by atoms with Gasteiger partial charge in [-0.3, -0.25) is 19.1 Å². The van der Waals surface area contributed by atoms with E-state index < -0.39 is 73.6 Å². The van der Waals surface area contributed by atoms with E-state index in [9.17, 15) is 27.6 Å². The fraction of sp³-hybridized carbons (Fsp3) is 0.581. The van der Waals surface area contributed by atoms with Crippen LogP contribution in [0.1, 0.15) is 90.7 Å². The molecule has 0 unspecified atom stereocenters. The average Bonchev–Trinajstić information content (AvgIpc) is 4.09. The number of hydrogen-bond acceptors (Lipinski definition) is 9. The van der Waals surface area contributed by atoms with Crippen LogP contribution in [0.3, 0.4) is 0 Å².